The first kappa shape index (κ1) is 25.0. The number of rotatable bonds is 5. The lowest BCUT2D eigenvalue weighted by atomic mass is 9.89. The van der Waals surface area contributed by atoms with Crippen LogP contribution in [0, 0.1) is 46.3 Å². The summed E-state index contributed by atoms with van der Waals surface area (Å²) in [7, 11) is -4.37. The number of hydrogen-bond acceptors (Lipinski definition) is 4. The monoisotopic (exact) mass is 499 g/mol. The summed E-state index contributed by atoms with van der Waals surface area (Å²) in [5.41, 5.74) is 0.953. The molecule has 4 rings (SSSR count). The highest BCUT2D eigenvalue weighted by molar-refractivity contribution is 7.86. The lowest BCUT2D eigenvalue weighted by Crippen LogP contribution is -2.42. The maximum Gasteiger partial charge on any atom is 0.298 e. The second kappa shape index (κ2) is 8.84. The first-order valence-corrected chi connectivity index (χ1v) is 12.6. The second-order valence-electron chi connectivity index (χ2n) is 9.20. The number of carbonyl (C=O) groups excluding carboxylic acids is 1. The summed E-state index contributed by atoms with van der Waals surface area (Å²) in [6.07, 6.45) is 0.0108. The molecule has 0 N–H and O–H groups in total. The molecule has 184 valence electrons. The molecule has 1 aliphatic heterocycles. The zero-order valence-corrected chi connectivity index (χ0v) is 21.1. The van der Waals surface area contributed by atoms with Gasteiger partial charge in [0.2, 0.25) is 0 Å². The Morgan fingerprint density at radius 1 is 0.829 bits per heavy atom. The molecule has 0 radical (unpaired) electrons. The summed E-state index contributed by atoms with van der Waals surface area (Å²) in [6.45, 7) is 8.28. The SMILES string of the molecule is Cc1ccc(S(=O)(=O)OC2(c3cc(C)c(F)c(C)c3)CCN(c3cc(C)c(F)c(C)c3)C2=O)cc1. The van der Waals surface area contributed by atoms with E-state index in [0.29, 0.717) is 16.8 Å². The second-order valence-corrected chi connectivity index (χ2v) is 10.7. The number of amides is 1. The third-order valence-corrected chi connectivity index (χ3v) is 7.83. The van der Waals surface area contributed by atoms with Gasteiger partial charge in [0, 0.05) is 18.7 Å². The Morgan fingerprint density at radius 2 is 1.31 bits per heavy atom. The number of anilines is 1. The van der Waals surface area contributed by atoms with Gasteiger partial charge in [0.05, 0.1) is 4.90 Å². The molecule has 3 aromatic carbocycles. The Kier molecular flexibility index (Phi) is 6.32. The molecule has 0 spiro atoms. The van der Waals surface area contributed by atoms with Gasteiger partial charge in [-0.15, -0.1) is 0 Å². The molecule has 1 unspecified atom stereocenters. The van der Waals surface area contributed by atoms with E-state index in [2.05, 4.69) is 0 Å². The molecule has 0 bridgehead atoms. The van der Waals surface area contributed by atoms with Crippen LogP contribution in [0.2, 0.25) is 0 Å². The fourth-order valence-corrected chi connectivity index (χ4v) is 5.72. The van der Waals surface area contributed by atoms with Crippen molar-refractivity contribution in [2.75, 3.05) is 11.4 Å². The predicted molar refractivity (Wildman–Crippen MR) is 130 cm³/mol. The fraction of sp³-hybridized carbons (Fsp3) is 0.296. The highest BCUT2D eigenvalue weighted by Crippen LogP contribution is 2.43. The molecule has 1 atom stereocenters. The molecule has 5 nitrogen and oxygen atoms in total. The number of carbonyl (C=O) groups is 1. The van der Waals surface area contributed by atoms with Gasteiger partial charge < -0.3 is 4.90 Å². The number of halogens is 2. The quantitative estimate of drug-likeness (QED) is 0.432. The van der Waals surface area contributed by atoms with E-state index in [4.69, 9.17) is 4.18 Å². The predicted octanol–water partition coefficient (Wildman–Crippen LogP) is 5.54. The van der Waals surface area contributed by atoms with Crippen LogP contribution in [0.3, 0.4) is 0 Å². The minimum atomic E-state index is -4.37. The van der Waals surface area contributed by atoms with E-state index >= 15 is 0 Å². The van der Waals surface area contributed by atoms with Crippen molar-refractivity contribution >= 4 is 21.7 Å². The Bertz CT molecular complexity index is 1390. The van der Waals surface area contributed by atoms with Crippen molar-refractivity contribution in [1.29, 1.82) is 0 Å². The summed E-state index contributed by atoms with van der Waals surface area (Å²) in [4.78, 5) is 15.3. The lowest BCUT2D eigenvalue weighted by Gasteiger charge is -2.29. The third kappa shape index (κ3) is 4.36. The van der Waals surface area contributed by atoms with Crippen LogP contribution in [0.25, 0.3) is 0 Å². The van der Waals surface area contributed by atoms with E-state index in [1.54, 1.807) is 52.0 Å². The van der Waals surface area contributed by atoms with E-state index in [0.717, 1.165) is 5.56 Å². The van der Waals surface area contributed by atoms with Crippen molar-refractivity contribution in [2.45, 2.75) is 51.5 Å². The number of aryl methyl sites for hydroxylation is 5. The standard InChI is InChI=1S/C27H27F2NO4S/c1-16-6-8-23(9-7-16)35(32,33)34-27(21-12-17(2)24(28)18(3)13-21)10-11-30(26(27)31)22-14-19(4)25(29)20(5)15-22/h6-9,12-15H,10-11H2,1-5H3. The van der Waals surface area contributed by atoms with Gasteiger partial charge in [-0.25, -0.2) is 13.0 Å². The van der Waals surface area contributed by atoms with Crippen molar-refractivity contribution in [3.05, 3.63) is 93.5 Å². The van der Waals surface area contributed by atoms with E-state index in [1.807, 2.05) is 6.92 Å². The maximum atomic E-state index is 14.4. The first-order chi connectivity index (χ1) is 16.4. The zero-order chi connectivity index (χ0) is 25.7. The molecule has 1 saturated heterocycles. The average molecular weight is 500 g/mol. The Hall–Kier alpha value is -3.10. The lowest BCUT2D eigenvalue weighted by molar-refractivity contribution is -0.131. The van der Waals surface area contributed by atoms with Crippen LogP contribution in [-0.2, 0) is 24.7 Å². The van der Waals surface area contributed by atoms with E-state index in [-0.39, 0.29) is 40.4 Å². The van der Waals surface area contributed by atoms with Crippen LogP contribution in [0.4, 0.5) is 14.5 Å². The summed E-state index contributed by atoms with van der Waals surface area (Å²) < 4.78 is 61.1. The van der Waals surface area contributed by atoms with E-state index in [1.165, 1.54) is 29.2 Å². The van der Waals surface area contributed by atoms with Crippen LogP contribution in [0.1, 0.15) is 39.8 Å². The summed E-state index contributed by atoms with van der Waals surface area (Å²) in [5, 5.41) is 0. The van der Waals surface area contributed by atoms with Gasteiger partial charge in [0.15, 0.2) is 5.60 Å². The number of nitrogens with zero attached hydrogens (tertiary/aromatic N) is 1. The minimum absolute atomic E-state index is 0.0108. The Balaban J connectivity index is 1.86. The zero-order valence-electron chi connectivity index (χ0n) is 20.3. The van der Waals surface area contributed by atoms with Gasteiger partial charge >= 0.3 is 0 Å². The van der Waals surface area contributed by atoms with Crippen LogP contribution in [0.15, 0.2) is 53.4 Å². The van der Waals surface area contributed by atoms with Crippen LogP contribution < -0.4 is 4.90 Å². The molecule has 0 aromatic heterocycles. The van der Waals surface area contributed by atoms with Crippen molar-refractivity contribution in [1.82, 2.24) is 0 Å². The van der Waals surface area contributed by atoms with Gasteiger partial charge in [-0.05, 0) is 98.8 Å². The van der Waals surface area contributed by atoms with Gasteiger partial charge in [-0.3, -0.25) is 4.79 Å². The van der Waals surface area contributed by atoms with Crippen molar-refractivity contribution < 1.29 is 26.2 Å². The summed E-state index contributed by atoms with van der Waals surface area (Å²) in [6, 6.07) is 12.1. The normalized spacial score (nSPS) is 18.4. The summed E-state index contributed by atoms with van der Waals surface area (Å²) >= 11 is 0. The number of benzene rings is 3. The van der Waals surface area contributed by atoms with Crippen molar-refractivity contribution in [2.24, 2.45) is 0 Å². The van der Waals surface area contributed by atoms with Crippen LogP contribution in [-0.4, -0.2) is 20.9 Å². The molecular formula is C27H27F2NO4S. The largest absolute Gasteiger partial charge is 0.309 e. The third-order valence-electron chi connectivity index (χ3n) is 6.48. The molecule has 0 saturated carbocycles. The van der Waals surface area contributed by atoms with E-state index < -0.39 is 27.4 Å². The molecule has 35 heavy (non-hydrogen) atoms. The summed E-state index contributed by atoms with van der Waals surface area (Å²) in [5.74, 6) is -1.41. The number of hydrogen-bond donors (Lipinski definition) is 0. The Labute approximate surface area is 204 Å². The maximum absolute atomic E-state index is 14.4. The van der Waals surface area contributed by atoms with E-state index in [9.17, 15) is 22.0 Å². The molecule has 0 aliphatic carbocycles. The molecule has 1 fully saturated rings. The fourth-order valence-electron chi connectivity index (χ4n) is 4.53. The topological polar surface area (TPSA) is 63.7 Å². The molecule has 8 heteroatoms. The molecular weight excluding hydrogens is 472 g/mol. The first-order valence-electron chi connectivity index (χ1n) is 11.2. The van der Waals surface area contributed by atoms with Gasteiger partial charge in [-0.2, -0.15) is 8.42 Å². The van der Waals surface area contributed by atoms with Crippen molar-refractivity contribution in [3.63, 3.8) is 0 Å². The smallest absolute Gasteiger partial charge is 0.298 e. The van der Waals surface area contributed by atoms with Crippen LogP contribution >= 0.6 is 0 Å². The molecule has 1 heterocycles. The average Bonchev–Trinajstić information content (AvgIpc) is 3.11. The highest BCUT2D eigenvalue weighted by atomic mass is 32.2. The Morgan fingerprint density at radius 3 is 1.83 bits per heavy atom. The van der Waals surface area contributed by atoms with Crippen LogP contribution in [0.5, 0.6) is 0 Å². The molecule has 1 aliphatic rings. The van der Waals surface area contributed by atoms with Gasteiger partial charge in [0.1, 0.15) is 11.6 Å². The van der Waals surface area contributed by atoms with Crippen molar-refractivity contribution in [3.8, 4) is 0 Å². The molecule has 1 amide bonds. The minimum Gasteiger partial charge on any atom is -0.309 e. The molecule has 3 aromatic rings. The van der Waals surface area contributed by atoms with Gasteiger partial charge in [-0.1, -0.05) is 17.7 Å². The van der Waals surface area contributed by atoms with Gasteiger partial charge in [0.25, 0.3) is 16.0 Å². The highest BCUT2D eigenvalue weighted by Gasteiger charge is 2.53.